The van der Waals surface area contributed by atoms with Crippen molar-refractivity contribution < 1.29 is 9.84 Å². The minimum Gasteiger partial charge on any atom is -0.380 e. The van der Waals surface area contributed by atoms with Crippen molar-refractivity contribution in [3.63, 3.8) is 0 Å². The molecule has 0 aromatic carbocycles. The largest absolute Gasteiger partial charge is 0.380 e. The predicted octanol–water partition coefficient (Wildman–Crippen LogP) is 8.32. The third-order valence-corrected chi connectivity index (χ3v) is 6.18. The third kappa shape index (κ3) is 19.6. The summed E-state index contributed by atoms with van der Waals surface area (Å²) in [4.78, 5) is 0. The summed E-state index contributed by atoms with van der Waals surface area (Å²) in [7, 11) is 0. The average Bonchev–Trinajstić information content (AvgIpc) is 2.67. The van der Waals surface area contributed by atoms with E-state index in [1.165, 1.54) is 103 Å². The molecule has 28 heavy (non-hydrogen) atoms. The topological polar surface area (TPSA) is 29.5 Å². The maximum atomic E-state index is 9.94. The molecule has 0 amide bonds. The lowest BCUT2D eigenvalue weighted by atomic mass is 9.96. The summed E-state index contributed by atoms with van der Waals surface area (Å²) < 4.78 is 5.98. The van der Waals surface area contributed by atoms with Crippen molar-refractivity contribution in [1.29, 1.82) is 0 Å². The minimum absolute atomic E-state index is 0.114. The van der Waals surface area contributed by atoms with E-state index in [-0.39, 0.29) is 6.10 Å². The highest BCUT2D eigenvalue weighted by Gasteiger charge is 2.19. The number of rotatable bonds is 22. The van der Waals surface area contributed by atoms with Crippen LogP contribution >= 0.6 is 12.6 Å². The first-order valence-electron chi connectivity index (χ1n) is 12.6. The molecule has 0 bridgehead atoms. The van der Waals surface area contributed by atoms with E-state index in [9.17, 15) is 5.11 Å². The molecule has 0 saturated heterocycles. The number of hydrogen-bond acceptors (Lipinski definition) is 3. The van der Waals surface area contributed by atoms with Gasteiger partial charge >= 0.3 is 0 Å². The zero-order valence-electron chi connectivity index (χ0n) is 19.5. The molecule has 0 aliphatic carbocycles. The van der Waals surface area contributed by atoms with E-state index in [1.54, 1.807) is 0 Å². The Labute approximate surface area is 183 Å². The van der Waals surface area contributed by atoms with Crippen LogP contribution < -0.4 is 0 Å². The average molecular weight is 417 g/mol. The van der Waals surface area contributed by atoms with Crippen molar-refractivity contribution in [3.05, 3.63) is 0 Å². The van der Waals surface area contributed by atoms with Gasteiger partial charge in [-0.15, -0.1) is 12.6 Å². The Morgan fingerprint density at radius 3 is 1.57 bits per heavy atom. The van der Waals surface area contributed by atoms with Crippen LogP contribution in [0.25, 0.3) is 0 Å². The van der Waals surface area contributed by atoms with Crippen LogP contribution in [-0.2, 0) is 4.74 Å². The van der Waals surface area contributed by atoms with Crippen LogP contribution in [0, 0.1) is 5.92 Å². The molecule has 0 aromatic rings. The highest BCUT2D eigenvalue weighted by atomic mass is 32.1. The van der Waals surface area contributed by atoms with Gasteiger partial charge in [0.05, 0.1) is 6.10 Å². The van der Waals surface area contributed by atoms with Crippen LogP contribution in [0.4, 0.5) is 0 Å². The molecule has 3 heteroatoms. The minimum atomic E-state index is -0.657. The van der Waals surface area contributed by atoms with Gasteiger partial charge in [0.15, 0.2) is 0 Å². The Hall–Kier alpha value is 0.270. The zero-order valence-corrected chi connectivity index (χ0v) is 20.4. The van der Waals surface area contributed by atoms with Crippen molar-refractivity contribution >= 4 is 12.6 Å². The van der Waals surface area contributed by atoms with E-state index in [1.807, 2.05) is 0 Å². The second-order valence-electron chi connectivity index (χ2n) is 8.90. The van der Waals surface area contributed by atoms with Crippen LogP contribution in [0.2, 0.25) is 0 Å². The molecule has 0 aliphatic rings. The summed E-state index contributed by atoms with van der Waals surface area (Å²) in [6.07, 6.45) is 23.5. The molecule has 2 nitrogen and oxygen atoms in total. The summed E-state index contributed by atoms with van der Waals surface area (Å²) in [5, 5.41) is 9.94. The van der Waals surface area contributed by atoms with Crippen LogP contribution in [0.15, 0.2) is 0 Å². The number of aliphatic hydroxyl groups excluding tert-OH is 1. The molecule has 0 aliphatic heterocycles. The third-order valence-electron chi connectivity index (χ3n) is 5.85. The standard InChI is InChI=1S/C25H52O2S/c1-4-6-8-10-12-14-16-18-20-23(3)22-24(25(26)28)27-21-19-17-15-13-11-9-7-5-2/h23-26,28H,4-22H2,1-3H3. The Balaban J connectivity index is 3.64. The summed E-state index contributed by atoms with van der Waals surface area (Å²) in [5.41, 5.74) is -0.657. The van der Waals surface area contributed by atoms with Gasteiger partial charge in [-0.05, 0) is 18.8 Å². The first-order chi connectivity index (χ1) is 13.6. The summed E-state index contributed by atoms with van der Waals surface area (Å²) in [6.45, 7) is 7.60. The van der Waals surface area contributed by atoms with Crippen LogP contribution in [0.3, 0.4) is 0 Å². The highest BCUT2D eigenvalue weighted by molar-refractivity contribution is 7.80. The Kier molecular flexibility index (Phi) is 22.2. The molecule has 0 heterocycles. The van der Waals surface area contributed by atoms with Gasteiger partial charge in [-0.2, -0.15) is 0 Å². The predicted molar refractivity (Wildman–Crippen MR) is 128 cm³/mol. The Morgan fingerprint density at radius 2 is 1.11 bits per heavy atom. The summed E-state index contributed by atoms with van der Waals surface area (Å²) in [5.74, 6) is 0.602. The number of aliphatic hydroxyl groups is 1. The molecular formula is C25H52O2S. The fourth-order valence-electron chi connectivity index (χ4n) is 3.89. The van der Waals surface area contributed by atoms with Gasteiger partial charge in [0.1, 0.15) is 5.44 Å². The second-order valence-corrected chi connectivity index (χ2v) is 9.43. The molecule has 0 radical (unpaired) electrons. The van der Waals surface area contributed by atoms with Crippen LogP contribution in [0.1, 0.15) is 136 Å². The maximum absolute atomic E-state index is 9.94. The van der Waals surface area contributed by atoms with Gasteiger partial charge in [0.25, 0.3) is 0 Å². The van der Waals surface area contributed by atoms with Crippen LogP contribution in [-0.4, -0.2) is 23.3 Å². The number of unbranched alkanes of at least 4 members (excludes halogenated alkanes) is 14. The molecule has 3 unspecified atom stereocenters. The van der Waals surface area contributed by atoms with E-state index in [0.29, 0.717) is 5.92 Å². The number of hydrogen-bond donors (Lipinski definition) is 2. The van der Waals surface area contributed by atoms with E-state index in [4.69, 9.17) is 4.74 Å². The molecule has 0 aromatic heterocycles. The molecule has 170 valence electrons. The number of ether oxygens (including phenoxy) is 1. The molecule has 1 N–H and O–H groups in total. The smallest absolute Gasteiger partial charge is 0.123 e. The van der Waals surface area contributed by atoms with E-state index < -0.39 is 5.44 Å². The monoisotopic (exact) mass is 416 g/mol. The van der Waals surface area contributed by atoms with Crippen molar-refractivity contribution in [1.82, 2.24) is 0 Å². The van der Waals surface area contributed by atoms with Gasteiger partial charge in [-0.1, -0.05) is 124 Å². The highest BCUT2D eigenvalue weighted by Crippen LogP contribution is 2.21. The van der Waals surface area contributed by atoms with Gasteiger partial charge in [-0.25, -0.2) is 0 Å². The second kappa shape index (κ2) is 22.0. The van der Waals surface area contributed by atoms with Crippen molar-refractivity contribution in [2.75, 3.05) is 6.61 Å². The quantitative estimate of drug-likeness (QED) is 0.105. The van der Waals surface area contributed by atoms with Crippen molar-refractivity contribution in [3.8, 4) is 0 Å². The maximum Gasteiger partial charge on any atom is 0.123 e. The van der Waals surface area contributed by atoms with Gasteiger partial charge in [-0.3, -0.25) is 0 Å². The lowest BCUT2D eigenvalue weighted by Gasteiger charge is -2.23. The lowest BCUT2D eigenvalue weighted by Crippen LogP contribution is -2.27. The van der Waals surface area contributed by atoms with E-state index in [0.717, 1.165) is 19.4 Å². The SMILES string of the molecule is CCCCCCCCCCOC(CC(C)CCCCCCCCCC)C(O)S. The summed E-state index contributed by atoms with van der Waals surface area (Å²) >= 11 is 4.25. The van der Waals surface area contributed by atoms with Crippen molar-refractivity contribution in [2.24, 2.45) is 5.92 Å². The molecule has 3 atom stereocenters. The van der Waals surface area contributed by atoms with E-state index >= 15 is 0 Å². The fourth-order valence-corrected chi connectivity index (χ4v) is 4.10. The summed E-state index contributed by atoms with van der Waals surface area (Å²) in [6, 6.07) is 0. The Bertz CT molecular complexity index is 296. The van der Waals surface area contributed by atoms with E-state index in [2.05, 4.69) is 33.4 Å². The molecule has 0 saturated carbocycles. The van der Waals surface area contributed by atoms with Gasteiger partial charge in [0, 0.05) is 6.61 Å². The molecule has 0 spiro atoms. The van der Waals surface area contributed by atoms with Crippen molar-refractivity contribution in [2.45, 2.75) is 148 Å². The molecular weight excluding hydrogens is 364 g/mol. The van der Waals surface area contributed by atoms with Gasteiger partial charge in [0.2, 0.25) is 0 Å². The lowest BCUT2D eigenvalue weighted by molar-refractivity contribution is -0.0151. The first-order valence-corrected chi connectivity index (χ1v) is 13.1. The zero-order chi connectivity index (χ0) is 20.9. The first kappa shape index (κ1) is 28.3. The molecule has 0 rings (SSSR count). The Morgan fingerprint density at radius 1 is 0.679 bits per heavy atom. The van der Waals surface area contributed by atoms with Gasteiger partial charge < -0.3 is 9.84 Å². The van der Waals surface area contributed by atoms with Crippen LogP contribution in [0.5, 0.6) is 0 Å². The number of thiol groups is 1. The molecule has 0 fully saturated rings. The normalized spacial score (nSPS) is 14.9. The fraction of sp³-hybridized carbons (Fsp3) is 1.00.